The van der Waals surface area contributed by atoms with Gasteiger partial charge in [0.25, 0.3) is 0 Å². The highest BCUT2D eigenvalue weighted by molar-refractivity contribution is 9.10. The number of aromatic nitrogens is 2. The Morgan fingerprint density at radius 3 is 2.83 bits per heavy atom. The van der Waals surface area contributed by atoms with Crippen LogP contribution in [0.3, 0.4) is 0 Å². The molecule has 1 N–H and O–H groups in total. The summed E-state index contributed by atoms with van der Waals surface area (Å²) in [4.78, 5) is 10.9. The van der Waals surface area contributed by atoms with Crippen LogP contribution in [0.25, 0.3) is 0 Å². The third kappa shape index (κ3) is 2.26. The topological polar surface area (TPSA) is 49.2 Å². The monoisotopic (exact) mass is 311 g/mol. The molecule has 2 atom stereocenters. The van der Waals surface area contributed by atoms with E-state index in [1.165, 1.54) is 12.8 Å². The summed E-state index contributed by atoms with van der Waals surface area (Å²) in [5.74, 6) is 1.16. The molecule has 18 heavy (non-hydrogen) atoms. The van der Waals surface area contributed by atoms with Gasteiger partial charge in [-0.2, -0.15) is 0 Å². The Morgan fingerprint density at radius 1 is 1.28 bits per heavy atom. The maximum absolute atomic E-state index is 10.6. The third-order valence-corrected chi connectivity index (χ3v) is 4.73. The van der Waals surface area contributed by atoms with Crippen LogP contribution in [-0.2, 0) is 0 Å². The summed E-state index contributed by atoms with van der Waals surface area (Å²) in [7, 11) is 0. The van der Waals surface area contributed by atoms with Crippen LogP contribution in [0.15, 0.2) is 16.9 Å². The lowest BCUT2D eigenvalue weighted by Gasteiger charge is -2.47. The predicted octanol–water partition coefficient (Wildman–Crippen LogP) is 2.37. The lowest BCUT2D eigenvalue weighted by molar-refractivity contribution is -0.0614. The van der Waals surface area contributed by atoms with Crippen molar-refractivity contribution in [2.24, 2.45) is 5.92 Å². The van der Waals surface area contributed by atoms with Crippen LogP contribution in [0.4, 0.5) is 5.95 Å². The molecule has 2 unspecified atom stereocenters. The Bertz CT molecular complexity index is 425. The number of fused-ring (bicyclic) bond motifs is 1. The Balaban J connectivity index is 1.75. The molecule has 5 heteroatoms. The predicted molar refractivity (Wildman–Crippen MR) is 73.5 cm³/mol. The van der Waals surface area contributed by atoms with E-state index in [-0.39, 0.29) is 0 Å². The highest BCUT2D eigenvalue weighted by Gasteiger charge is 2.43. The van der Waals surface area contributed by atoms with E-state index in [4.69, 9.17) is 0 Å². The van der Waals surface area contributed by atoms with E-state index in [0.717, 1.165) is 42.8 Å². The maximum atomic E-state index is 10.6. The minimum absolute atomic E-state index is 0.382. The molecule has 3 rings (SSSR count). The molecule has 1 aromatic rings. The minimum atomic E-state index is -0.426. The zero-order valence-corrected chi connectivity index (χ0v) is 11.9. The van der Waals surface area contributed by atoms with Crippen molar-refractivity contribution in [1.82, 2.24) is 9.97 Å². The number of anilines is 1. The van der Waals surface area contributed by atoms with Crippen molar-refractivity contribution >= 4 is 21.9 Å². The van der Waals surface area contributed by atoms with Crippen molar-refractivity contribution in [2.75, 3.05) is 18.0 Å². The quantitative estimate of drug-likeness (QED) is 0.865. The number of rotatable bonds is 1. The Kier molecular flexibility index (Phi) is 3.28. The zero-order valence-electron chi connectivity index (χ0n) is 10.3. The molecule has 1 aromatic heterocycles. The van der Waals surface area contributed by atoms with Crippen molar-refractivity contribution in [2.45, 2.75) is 37.7 Å². The van der Waals surface area contributed by atoms with Crippen molar-refractivity contribution in [3.8, 4) is 0 Å². The van der Waals surface area contributed by atoms with Crippen LogP contribution in [0.1, 0.15) is 32.1 Å². The van der Waals surface area contributed by atoms with E-state index in [0.29, 0.717) is 5.92 Å². The number of piperidine rings is 1. The molecule has 0 bridgehead atoms. The van der Waals surface area contributed by atoms with Crippen LogP contribution in [0, 0.1) is 5.92 Å². The molecule has 2 aliphatic rings. The Labute approximate surface area is 116 Å². The molecule has 1 aliphatic carbocycles. The third-order valence-electron chi connectivity index (χ3n) is 4.32. The summed E-state index contributed by atoms with van der Waals surface area (Å²) in [5, 5.41) is 10.6. The lowest BCUT2D eigenvalue weighted by atomic mass is 9.71. The van der Waals surface area contributed by atoms with Gasteiger partial charge in [-0.15, -0.1) is 0 Å². The van der Waals surface area contributed by atoms with Crippen LogP contribution < -0.4 is 4.90 Å². The highest BCUT2D eigenvalue weighted by Crippen LogP contribution is 2.40. The van der Waals surface area contributed by atoms with Crippen LogP contribution in [0.5, 0.6) is 0 Å². The van der Waals surface area contributed by atoms with E-state index < -0.39 is 5.60 Å². The van der Waals surface area contributed by atoms with Crippen molar-refractivity contribution in [1.29, 1.82) is 0 Å². The van der Waals surface area contributed by atoms with E-state index >= 15 is 0 Å². The first-order valence-electron chi connectivity index (χ1n) is 6.62. The van der Waals surface area contributed by atoms with E-state index in [1.807, 2.05) is 0 Å². The first-order valence-corrected chi connectivity index (χ1v) is 7.41. The molecule has 1 saturated heterocycles. The fourth-order valence-corrected chi connectivity index (χ4v) is 3.43. The summed E-state index contributed by atoms with van der Waals surface area (Å²) in [6.45, 7) is 1.74. The van der Waals surface area contributed by atoms with Crippen LogP contribution in [0.2, 0.25) is 0 Å². The van der Waals surface area contributed by atoms with Crippen molar-refractivity contribution in [3.05, 3.63) is 16.9 Å². The van der Waals surface area contributed by atoms with Gasteiger partial charge >= 0.3 is 0 Å². The summed E-state index contributed by atoms with van der Waals surface area (Å²) in [5.41, 5.74) is -0.426. The number of aliphatic hydroxyl groups is 1. The summed E-state index contributed by atoms with van der Waals surface area (Å²) < 4.78 is 0.900. The highest BCUT2D eigenvalue weighted by atomic mass is 79.9. The lowest BCUT2D eigenvalue weighted by Crippen LogP contribution is -2.53. The first-order chi connectivity index (χ1) is 8.67. The average Bonchev–Trinajstić information content (AvgIpc) is 2.39. The molecule has 0 amide bonds. The number of hydrogen-bond acceptors (Lipinski definition) is 4. The van der Waals surface area contributed by atoms with Gasteiger partial charge in [0, 0.05) is 31.4 Å². The molecule has 1 saturated carbocycles. The van der Waals surface area contributed by atoms with E-state index in [2.05, 4.69) is 30.8 Å². The smallest absolute Gasteiger partial charge is 0.225 e. The van der Waals surface area contributed by atoms with Gasteiger partial charge in [0.1, 0.15) is 0 Å². The number of hydrogen-bond donors (Lipinski definition) is 1. The van der Waals surface area contributed by atoms with Gasteiger partial charge in [-0.3, -0.25) is 0 Å². The molecule has 0 aromatic carbocycles. The molecule has 4 nitrogen and oxygen atoms in total. The van der Waals surface area contributed by atoms with E-state index in [1.54, 1.807) is 12.4 Å². The summed E-state index contributed by atoms with van der Waals surface area (Å²) >= 11 is 3.35. The van der Waals surface area contributed by atoms with Crippen molar-refractivity contribution < 1.29 is 5.11 Å². The molecule has 2 fully saturated rings. The molecule has 0 spiro atoms. The van der Waals surface area contributed by atoms with E-state index in [9.17, 15) is 5.11 Å². The maximum Gasteiger partial charge on any atom is 0.225 e. The van der Waals surface area contributed by atoms with Gasteiger partial charge in [-0.05, 0) is 35.2 Å². The average molecular weight is 312 g/mol. The second kappa shape index (κ2) is 4.78. The van der Waals surface area contributed by atoms with Gasteiger partial charge < -0.3 is 10.0 Å². The van der Waals surface area contributed by atoms with Gasteiger partial charge in [0.05, 0.1) is 10.1 Å². The van der Waals surface area contributed by atoms with Gasteiger partial charge in [-0.25, -0.2) is 9.97 Å². The normalized spacial score (nSPS) is 32.1. The van der Waals surface area contributed by atoms with Gasteiger partial charge in [0.2, 0.25) is 5.95 Å². The summed E-state index contributed by atoms with van der Waals surface area (Å²) in [6, 6.07) is 0. The Morgan fingerprint density at radius 2 is 2.06 bits per heavy atom. The molecular weight excluding hydrogens is 294 g/mol. The molecule has 1 aliphatic heterocycles. The zero-order chi connectivity index (χ0) is 12.6. The molecule has 2 heterocycles. The number of halogens is 1. The second-order valence-electron chi connectivity index (χ2n) is 5.44. The first kappa shape index (κ1) is 12.4. The Hall–Kier alpha value is -0.680. The fraction of sp³-hybridized carbons (Fsp3) is 0.692. The largest absolute Gasteiger partial charge is 0.389 e. The van der Waals surface area contributed by atoms with Crippen LogP contribution in [-0.4, -0.2) is 33.8 Å². The fourth-order valence-electron chi connectivity index (χ4n) is 3.22. The second-order valence-corrected chi connectivity index (χ2v) is 6.36. The molecule has 0 radical (unpaired) electrons. The standard InChI is InChI=1S/C13H18BrN3O/c14-11-7-15-12(16-8-11)17-6-5-13(18)4-2-1-3-10(13)9-17/h7-8,10,18H,1-6,9H2. The van der Waals surface area contributed by atoms with Crippen LogP contribution >= 0.6 is 15.9 Å². The number of nitrogens with zero attached hydrogens (tertiary/aromatic N) is 3. The minimum Gasteiger partial charge on any atom is -0.389 e. The van der Waals surface area contributed by atoms with Gasteiger partial charge in [-0.1, -0.05) is 12.8 Å². The summed E-state index contributed by atoms with van der Waals surface area (Å²) in [6.07, 6.45) is 8.91. The molecular formula is C13H18BrN3O. The van der Waals surface area contributed by atoms with Gasteiger partial charge in [0.15, 0.2) is 0 Å². The van der Waals surface area contributed by atoms with Crippen molar-refractivity contribution in [3.63, 3.8) is 0 Å². The SMILES string of the molecule is OC12CCCCC1CN(c1ncc(Br)cn1)CC2. The molecule has 98 valence electrons.